The molecule has 2 aromatic heterocycles. The first-order chi connectivity index (χ1) is 16.2. The minimum Gasteiger partial charge on any atom is -0.350 e. The summed E-state index contributed by atoms with van der Waals surface area (Å²) >= 11 is 0. The van der Waals surface area contributed by atoms with Gasteiger partial charge in [-0.3, -0.25) is 14.2 Å². The van der Waals surface area contributed by atoms with Crippen molar-refractivity contribution in [3.63, 3.8) is 0 Å². The third-order valence-electron chi connectivity index (χ3n) is 6.04. The lowest BCUT2D eigenvalue weighted by atomic mass is 10.1. The normalized spacial score (nSPS) is 12.4. The zero-order valence-electron chi connectivity index (χ0n) is 19.9. The fourth-order valence-electron chi connectivity index (χ4n) is 3.93. The molecule has 1 amide bonds. The van der Waals surface area contributed by atoms with Crippen molar-refractivity contribution in [3.8, 4) is 0 Å². The Morgan fingerprint density at radius 2 is 1.82 bits per heavy atom. The van der Waals surface area contributed by atoms with Crippen LogP contribution in [-0.2, 0) is 6.54 Å². The lowest BCUT2D eigenvalue weighted by molar-refractivity contribution is 0.0939. The SMILES string of the molecule is C=Cc1ccc(Cn2nc3n(C(C)C)c(=O)c4ccc(C(=O)NC(C)CC)cc4n3c2=O)cc1. The number of benzene rings is 2. The number of carbonyl (C=O) groups is 1. The number of fused-ring (bicyclic) bond motifs is 3. The molecule has 8 nitrogen and oxygen atoms in total. The second-order valence-corrected chi connectivity index (χ2v) is 8.80. The minimum atomic E-state index is -0.373. The van der Waals surface area contributed by atoms with E-state index < -0.39 is 0 Å². The highest BCUT2D eigenvalue weighted by atomic mass is 16.2. The molecule has 8 heteroatoms. The summed E-state index contributed by atoms with van der Waals surface area (Å²) in [6, 6.07) is 12.3. The molecule has 0 aliphatic rings. The predicted molar refractivity (Wildman–Crippen MR) is 134 cm³/mol. The number of hydrogen-bond donors (Lipinski definition) is 1. The summed E-state index contributed by atoms with van der Waals surface area (Å²) in [5.41, 5.74) is 2.00. The van der Waals surface area contributed by atoms with Gasteiger partial charge in [-0.25, -0.2) is 13.9 Å². The summed E-state index contributed by atoms with van der Waals surface area (Å²) in [7, 11) is 0. The van der Waals surface area contributed by atoms with Crippen LogP contribution in [0.3, 0.4) is 0 Å². The molecule has 1 atom stereocenters. The average molecular weight is 460 g/mol. The quantitative estimate of drug-likeness (QED) is 0.457. The molecule has 2 aromatic carbocycles. The Balaban J connectivity index is 1.93. The van der Waals surface area contributed by atoms with Crippen LogP contribution >= 0.6 is 0 Å². The van der Waals surface area contributed by atoms with Gasteiger partial charge in [0.1, 0.15) is 0 Å². The zero-order valence-corrected chi connectivity index (χ0v) is 19.9. The van der Waals surface area contributed by atoms with Gasteiger partial charge >= 0.3 is 5.69 Å². The van der Waals surface area contributed by atoms with E-state index in [1.807, 2.05) is 52.0 Å². The van der Waals surface area contributed by atoms with Crippen LogP contribution in [0.1, 0.15) is 61.6 Å². The summed E-state index contributed by atoms with van der Waals surface area (Å²) in [6.07, 6.45) is 2.55. The van der Waals surface area contributed by atoms with Gasteiger partial charge in [-0.2, -0.15) is 0 Å². The number of carbonyl (C=O) groups excluding carboxylic acids is 1. The van der Waals surface area contributed by atoms with Crippen LogP contribution in [0.5, 0.6) is 0 Å². The van der Waals surface area contributed by atoms with Gasteiger partial charge in [0.05, 0.1) is 17.4 Å². The number of nitrogens with zero attached hydrogens (tertiary/aromatic N) is 4. The van der Waals surface area contributed by atoms with Crippen molar-refractivity contribution >= 4 is 28.7 Å². The van der Waals surface area contributed by atoms with Crippen LogP contribution in [0.25, 0.3) is 22.8 Å². The maximum atomic E-state index is 13.5. The first-order valence-electron chi connectivity index (χ1n) is 11.4. The molecule has 0 radical (unpaired) electrons. The Bertz CT molecular complexity index is 1510. The van der Waals surface area contributed by atoms with Gasteiger partial charge in [-0.05, 0) is 56.5 Å². The number of hydrogen-bond acceptors (Lipinski definition) is 4. The van der Waals surface area contributed by atoms with E-state index in [9.17, 15) is 14.4 Å². The summed E-state index contributed by atoms with van der Waals surface area (Å²) < 4.78 is 4.29. The van der Waals surface area contributed by atoms with Crippen LogP contribution in [0.2, 0.25) is 0 Å². The molecular formula is C26H29N5O3. The van der Waals surface area contributed by atoms with Crippen molar-refractivity contribution in [1.82, 2.24) is 24.1 Å². The van der Waals surface area contributed by atoms with Gasteiger partial charge in [0.2, 0.25) is 5.78 Å². The highest BCUT2D eigenvalue weighted by molar-refractivity contribution is 5.98. The molecule has 4 aromatic rings. The Morgan fingerprint density at radius 1 is 1.12 bits per heavy atom. The van der Waals surface area contributed by atoms with Crippen LogP contribution in [-0.4, -0.2) is 30.7 Å². The average Bonchev–Trinajstić information content (AvgIpc) is 3.14. The largest absolute Gasteiger partial charge is 0.352 e. The summed E-state index contributed by atoms with van der Waals surface area (Å²) in [4.78, 5) is 39.5. The smallest absolute Gasteiger partial charge is 0.350 e. The van der Waals surface area contributed by atoms with E-state index in [0.717, 1.165) is 17.5 Å². The van der Waals surface area contributed by atoms with Gasteiger partial charge in [0.25, 0.3) is 11.5 Å². The molecule has 2 heterocycles. The molecule has 0 aliphatic heterocycles. The molecule has 0 saturated carbocycles. The van der Waals surface area contributed by atoms with Gasteiger partial charge < -0.3 is 5.32 Å². The molecule has 176 valence electrons. The van der Waals surface area contributed by atoms with E-state index >= 15 is 0 Å². The van der Waals surface area contributed by atoms with E-state index in [1.54, 1.807) is 24.3 Å². The highest BCUT2D eigenvalue weighted by Gasteiger charge is 2.20. The van der Waals surface area contributed by atoms with E-state index in [4.69, 9.17) is 0 Å². The fourth-order valence-corrected chi connectivity index (χ4v) is 3.93. The van der Waals surface area contributed by atoms with Crippen LogP contribution in [0, 0.1) is 0 Å². The van der Waals surface area contributed by atoms with Gasteiger partial charge in [-0.1, -0.05) is 43.8 Å². The minimum absolute atomic E-state index is 0.00936. The summed E-state index contributed by atoms with van der Waals surface area (Å²) in [5, 5.41) is 7.81. The van der Waals surface area contributed by atoms with Crippen LogP contribution < -0.4 is 16.6 Å². The third kappa shape index (κ3) is 4.07. The van der Waals surface area contributed by atoms with Crippen molar-refractivity contribution < 1.29 is 4.79 Å². The molecule has 0 saturated heterocycles. The summed E-state index contributed by atoms with van der Waals surface area (Å²) in [5.74, 6) is -0.000108. The maximum Gasteiger partial charge on any atom is 0.352 e. The van der Waals surface area contributed by atoms with E-state index in [0.29, 0.717) is 16.5 Å². The Morgan fingerprint density at radius 3 is 2.44 bits per heavy atom. The molecule has 4 rings (SSSR count). The van der Waals surface area contributed by atoms with Gasteiger partial charge in [0.15, 0.2) is 0 Å². The van der Waals surface area contributed by atoms with Crippen molar-refractivity contribution in [2.24, 2.45) is 0 Å². The maximum absolute atomic E-state index is 13.5. The van der Waals surface area contributed by atoms with Gasteiger partial charge in [-0.15, -0.1) is 5.10 Å². The van der Waals surface area contributed by atoms with Crippen molar-refractivity contribution in [1.29, 1.82) is 0 Å². The number of aromatic nitrogens is 4. The molecule has 0 spiro atoms. The Labute approximate surface area is 197 Å². The molecule has 0 bridgehead atoms. The van der Waals surface area contributed by atoms with Crippen molar-refractivity contribution in [2.45, 2.75) is 52.7 Å². The first-order valence-corrected chi connectivity index (χ1v) is 11.4. The lowest BCUT2D eigenvalue weighted by Crippen LogP contribution is -2.32. The monoisotopic (exact) mass is 459 g/mol. The predicted octanol–water partition coefficient (Wildman–Crippen LogP) is 3.61. The molecule has 1 N–H and O–H groups in total. The number of rotatable bonds is 7. The second-order valence-electron chi connectivity index (χ2n) is 8.80. The van der Waals surface area contributed by atoms with Crippen LogP contribution in [0.15, 0.2) is 58.6 Å². The fraction of sp³-hybridized carbons (Fsp3) is 0.308. The highest BCUT2D eigenvalue weighted by Crippen LogP contribution is 2.17. The first kappa shape index (κ1) is 23.2. The number of amides is 1. The lowest BCUT2D eigenvalue weighted by Gasteiger charge is -2.14. The number of nitrogens with one attached hydrogen (secondary N) is 1. The second kappa shape index (κ2) is 9.13. The zero-order chi connectivity index (χ0) is 24.6. The topological polar surface area (TPSA) is 90.4 Å². The molecule has 1 unspecified atom stereocenters. The molecule has 0 aliphatic carbocycles. The standard InChI is InChI=1S/C26H29N5O3/c1-6-17(5)27-23(32)20-12-13-21-22(14-20)31-25(30(16(3)4)24(21)33)28-29(26(31)34)15-19-10-8-18(7-2)9-11-19/h7-14,16-17H,2,6,15H2,1,3-5H3,(H,27,32). The Kier molecular flexibility index (Phi) is 6.24. The Hall–Kier alpha value is -3.94. The van der Waals surface area contributed by atoms with Crippen molar-refractivity contribution in [2.75, 3.05) is 0 Å². The molecule has 0 fully saturated rings. The van der Waals surface area contributed by atoms with E-state index in [1.165, 1.54) is 13.6 Å². The van der Waals surface area contributed by atoms with E-state index in [2.05, 4.69) is 17.0 Å². The third-order valence-corrected chi connectivity index (χ3v) is 6.04. The molecular weight excluding hydrogens is 430 g/mol. The molecule has 34 heavy (non-hydrogen) atoms. The van der Waals surface area contributed by atoms with Gasteiger partial charge in [0, 0.05) is 17.6 Å². The van der Waals surface area contributed by atoms with Crippen molar-refractivity contribution in [3.05, 3.63) is 86.6 Å². The van der Waals surface area contributed by atoms with E-state index in [-0.39, 0.29) is 41.6 Å². The summed E-state index contributed by atoms with van der Waals surface area (Å²) in [6.45, 7) is 11.7. The van der Waals surface area contributed by atoms with Crippen LogP contribution in [0.4, 0.5) is 0 Å².